The van der Waals surface area contributed by atoms with Crippen LogP contribution in [0.2, 0.25) is 0 Å². The summed E-state index contributed by atoms with van der Waals surface area (Å²) in [4.78, 5) is 11.9. The Morgan fingerprint density at radius 2 is 2.17 bits per heavy atom. The maximum atomic E-state index is 12.7. The van der Waals surface area contributed by atoms with E-state index in [0.717, 1.165) is 24.9 Å². The molecule has 2 unspecified atom stereocenters. The lowest BCUT2D eigenvalue weighted by atomic mass is 9.99. The second-order valence-corrected chi connectivity index (χ2v) is 4.86. The number of hydrogen-bond acceptors (Lipinski definition) is 2. The van der Waals surface area contributed by atoms with Gasteiger partial charge in [0, 0.05) is 12.1 Å². The largest absolute Gasteiger partial charge is 0.352 e. The minimum absolute atomic E-state index is 0.00200. The Kier molecular flexibility index (Phi) is 4.31. The van der Waals surface area contributed by atoms with Crippen molar-refractivity contribution in [3.8, 4) is 0 Å². The van der Waals surface area contributed by atoms with E-state index in [2.05, 4.69) is 17.6 Å². The van der Waals surface area contributed by atoms with Crippen LogP contribution in [-0.2, 0) is 11.2 Å². The molecular weight excluding hydrogens is 231 g/mol. The van der Waals surface area contributed by atoms with Crippen molar-refractivity contribution in [2.45, 2.75) is 38.3 Å². The number of benzene rings is 1. The van der Waals surface area contributed by atoms with E-state index in [-0.39, 0.29) is 17.8 Å². The van der Waals surface area contributed by atoms with Crippen LogP contribution in [0.5, 0.6) is 0 Å². The van der Waals surface area contributed by atoms with Crippen LogP contribution in [-0.4, -0.2) is 24.5 Å². The lowest BCUT2D eigenvalue weighted by Crippen LogP contribution is -2.52. The molecule has 4 heteroatoms. The number of rotatable bonds is 3. The molecule has 2 rings (SSSR count). The van der Waals surface area contributed by atoms with Crippen molar-refractivity contribution in [2.24, 2.45) is 0 Å². The minimum atomic E-state index is -0.274. The van der Waals surface area contributed by atoms with Gasteiger partial charge in [-0.3, -0.25) is 4.79 Å². The van der Waals surface area contributed by atoms with Crippen molar-refractivity contribution >= 4 is 5.91 Å². The summed E-state index contributed by atoms with van der Waals surface area (Å²) in [6.07, 6.45) is 2.42. The first-order valence-corrected chi connectivity index (χ1v) is 6.42. The molecule has 1 amide bonds. The summed E-state index contributed by atoms with van der Waals surface area (Å²) in [7, 11) is 0. The predicted molar refractivity (Wildman–Crippen MR) is 68.7 cm³/mol. The topological polar surface area (TPSA) is 41.1 Å². The number of piperidine rings is 1. The molecule has 1 aliphatic rings. The Balaban J connectivity index is 1.86. The Labute approximate surface area is 107 Å². The van der Waals surface area contributed by atoms with Crippen LogP contribution in [0.4, 0.5) is 4.39 Å². The normalized spacial score (nSPS) is 23.7. The maximum absolute atomic E-state index is 12.7. The van der Waals surface area contributed by atoms with E-state index in [9.17, 15) is 9.18 Å². The fraction of sp³-hybridized carbons (Fsp3) is 0.500. The van der Waals surface area contributed by atoms with E-state index in [0.29, 0.717) is 12.5 Å². The Morgan fingerprint density at radius 3 is 2.83 bits per heavy atom. The van der Waals surface area contributed by atoms with Gasteiger partial charge in [-0.05, 0) is 44.0 Å². The Hall–Kier alpha value is -1.42. The lowest BCUT2D eigenvalue weighted by Gasteiger charge is -2.30. The van der Waals surface area contributed by atoms with Crippen LogP contribution in [0, 0.1) is 5.82 Å². The van der Waals surface area contributed by atoms with E-state index >= 15 is 0 Å². The average molecular weight is 250 g/mol. The number of carbonyl (C=O) groups is 1. The van der Waals surface area contributed by atoms with Crippen LogP contribution in [0.3, 0.4) is 0 Å². The SMILES string of the molecule is CC1NCCCC1NC(=O)Cc1ccc(F)cc1. The molecule has 0 bridgehead atoms. The van der Waals surface area contributed by atoms with Gasteiger partial charge in [-0.15, -0.1) is 0 Å². The molecule has 2 atom stereocenters. The average Bonchev–Trinajstić information content (AvgIpc) is 2.35. The molecular formula is C14H19FN2O. The van der Waals surface area contributed by atoms with Crippen molar-refractivity contribution in [1.29, 1.82) is 0 Å². The number of carbonyl (C=O) groups excluding carboxylic acids is 1. The van der Waals surface area contributed by atoms with Gasteiger partial charge in [-0.25, -0.2) is 4.39 Å². The van der Waals surface area contributed by atoms with Crippen LogP contribution < -0.4 is 10.6 Å². The fourth-order valence-electron chi connectivity index (χ4n) is 2.29. The number of nitrogens with one attached hydrogen (secondary N) is 2. The molecule has 18 heavy (non-hydrogen) atoms. The van der Waals surface area contributed by atoms with Crippen LogP contribution in [0.1, 0.15) is 25.3 Å². The molecule has 0 aliphatic carbocycles. The zero-order chi connectivity index (χ0) is 13.0. The first-order valence-electron chi connectivity index (χ1n) is 6.42. The number of hydrogen-bond donors (Lipinski definition) is 2. The summed E-state index contributed by atoms with van der Waals surface area (Å²) in [6.45, 7) is 3.10. The molecule has 1 aromatic carbocycles. The van der Waals surface area contributed by atoms with E-state index in [1.165, 1.54) is 12.1 Å². The minimum Gasteiger partial charge on any atom is -0.352 e. The summed E-state index contributed by atoms with van der Waals surface area (Å²) in [6, 6.07) is 6.58. The van der Waals surface area contributed by atoms with Crippen molar-refractivity contribution < 1.29 is 9.18 Å². The molecule has 1 aliphatic heterocycles. The van der Waals surface area contributed by atoms with E-state index in [4.69, 9.17) is 0 Å². The van der Waals surface area contributed by atoms with Gasteiger partial charge in [0.25, 0.3) is 0 Å². The first kappa shape index (κ1) is 13.0. The number of halogens is 1. The molecule has 3 nitrogen and oxygen atoms in total. The third-order valence-electron chi connectivity index (χ3n) is 3.39. The van der Waals surface area contributed by atoms with Gasteiger partial charge in [0.15, 0.2) is 0 Å². The molecule has 1 aromatic rings. The van der Waals surface area contributed by atoms with Gasteiger partial charge in [0.05, 0.1) is 6.42 Å². The van der Waals surface area contributed by atoms with E-state index in [1.807, 2.05) is 0 Å². The Bertz CT molecular complexity index is 405. The van der Waals surface area contributed by atoms with E-state index in [1.54, 1.807) is 12.1 Å². The molecule has 98 valence electrons. The maximum Gasteiger partial charge on any atom is 0.224 e. The zero-order valence-corrected chi connectivity index (χ0v) is 10.6. The molecule has 0 saturated carbocycles. The molecule has 2 N–H and O–H groups in total. The summed E-state index contributed by atoms with van der Waals surface area (Å²) < 4.78 is 12.7. The third kappa shape index (κ3) is 3.53. The highest BCUT2D eigenvalue weighted by molar-refractivity contribution is 5.78. The quantitative estimate of drug-likeness (QED) is 0.856. The van der Waals surface area contributed by atoms with Gasteiger partial charge >= 0.3 is 0 Å². The van der Waals surface area contributed by atoms with Crippen molar-refractivity contribution in [1.82, 2.24) is 10.6 Å². The third-order valence-corrected chi connectivity index (χ3v) is 3.39. The summed E-state index contributed by atoms with van der Waals surface area (Å²) >= 11 is 0. The van der Waals surface area contributed by atoms with Gasteiger partial charge in [-0.1, -0.05) is 12.1 Å². The van der Waals surface area contributed by atoms with Gasteiger partial charge in [0.2, 0.25) is 5.91 Å². The molecule has 0 radical (unpaired) electrons. The summed E-state index contributed by atoms with van der Waals surface area (Å²) in [5.41, 5.74) is 0.838. The lowest BCUT2D eigenvalue weighted by molar-refractivity contribution is -0.121. The predicted octanol–water partition coefficient (Wildman–Crippen LogP) is 1.62. The van der Waals surface area contributed by atoms with Crippen molar-refractivity contribution in [3.05, 3.63) is 35.6 Å². The molecule has 1 fully saturated rings. The fourth-order valence-corrected chi connectivity index (χ4v) is 2.29. The highest BCUT2D eigenvalue weighted by atomic mass is 19.1. The monoisotopic (exact) mass is 250 g/mol. The summed E-state index contributed by atoms with van der Waals surface area (Å²) in [5, 5.41) is 6.38. The molecule has 1 heterocycles. The van der Waals surface area contributed by atoms with Crippen molar-refractivity contribution in [3.63, 3.8) is 0 Å². The van der Waals surface area contributed by atoms with Crippen LogP contribution in [0.25, 0.3) is 0 Å². The second-order valence-electron chi connectivity index (χ2n) is 4.86. The van der Waals surface area contributed by atoms with Crippen molar-refractivity contribution in [2.75, 3.05) is 6.54 Å². The second kappa shape index (κ2) is 5.96. The van der Waals surface area contributed by atoms with Gasteiger partial charge in [0.1, 0.15) is 5.82 Å². The number of amides is 1. The molecule has 1 saturated heterocycles. The molecule has 0 aromatic heterocycles. The smallest absolute Gasteiger partial charge is 0.224 e. The standard InChI is InChI=1S/C14H19FN2O/c1-10-13(3-2-8-16-10)17-14(18)9-11-4-6-12(15)7-5-11/h4-7,10,13,16H,2-3,8-9H2,1H3,(H,17,18). The van der Waals surface area contributed by atoms with Gasteiger partial charge in [-0.2, -0.15) is 0 Å². The van der Waals surface area contributed by atoms with Crippen LogP contribution in [0.15, 0.2) is 24.3 Å². The molecule has 0 spiro atoms. The van der Waals surface area contributed by atoms with Crippen LogP contribution >= 0.6 is 0 Å². The highest BCUT2D eigenvalue weighted by Crippen LogP contribution is 2.09. The first-order chi connectivity index (χ1) is 8.65. The zero-order valence-electron chi connectivity index (χ0n) is 10.6. The van der Waals surface area contributed by atoms with E-state index < -0.39 is 0 Å². The summed E-state index contributed by atoms with van der Waals surface area (Å²) in [5.74, 6) is -0.272. The van der Waals surface area contributed by atoms with Gasteiger partial charge < -0.3 is 10.6 Å². The Morgan fingerprint density at radius 1 is 1.44 bits per heavy atom. The highest BCUT2D eigenvalue weighted by Gasteiger charge is 2.22.